The van der Waals surface area contributed by atoms with E-state index in [1.54, 1.807) is 24.2 Å². The highest BCUT2D eigenvalue weighted by atomic mass is 32.2. The highest BCUT2D eigenvalue weighted by molar-refractivity contribution is 7.85. The lowest BCUT2D eigenvalue weighted by Gasteiger charge is -2.06. The van der Waals surface area contributed by atoms with Gasteiger partial charge in [-0.2, -0.15) is 10.2 Å². The van der Waals surface area contributed by atoms with Crippen LogP contribution in [0.25, 0.3) is 28.1 Å². The van der Waals surface area contributed by atoms with Crippen molar-refractivity contribution >= 4 is 21.8 Å². The molecule has 138 valence electrons. The molecular formula is C18H18N6O2S. The fraction of sp³-hybridized carbons (Fsp3) is 0.222. The predicted molar refractivity (Wildman–Crippen MR) is 102 cm³/mol. The van der Waals surface area contributed by atoms with E-state index < -0.39 is 10.8 Å². The summed E-state index contributed by atoms with van der Waals surface area (Å²) in [7, 11) is 0.542. The number of fused-ring (bicyclic) bond motifs is 1. The summed E-state index contributed by atoms with van der Waals surface area (Å²) in [5.41, 5.74) is 2.48. The van der Waals surface area contributed by atoms with Gasteiger partial charge in [0.05, 0.1) is 27.6 Å². The van der Waals surface area contributed by atoms with Crippen molar-refractivity contribution in [3.05, 3.63) is 49.1 Å². The number of methoxy groups -OCH3 is 1. The largest absolute Gasteiger partial charge is 0.385 e. The minimum absolute atomic E-state index is 0.550. The lowest BCUT2D eigenvalue weighted by molar-refractivity contribution is 0.200. The van der Waals surface area contributed by atoms with Crippen LogP contribution in [-0.2, 0) is 15.5 Å². The van der Waals surface area contributed by atoms with Crippen LogP contribution in [0, 0.1) is 0 Å². The zero-order valence-electron chi connectivity index (χ0n) is 14.7. The Morgan fingerprint density at radius 3 is 2.96 bits per heavy atom. The molecule has 0 fully saturated rings. The number of hydrogen-bond donors (Lipinski definition) is 1. The third-order valence-electron chi connectivity index (χ3n) is 4.10. The van der Waals surface area contributed by atoms with E-state index in [9.17, 15) is 4.21 Å². The van der Waals surface area contributed by atoms with Gasteiger partial charge < -0.3 is 4.74 Å². The molecule has 4 rings (SSSR count). The number of pyridine rings is 1. The summed E-state index contributed by atoms with van der Waals surface area (Å²) in [6.07, 6.45) is 5.61. The molecule has 1 atom stereocenters. The molecule has 27 heavy (non-hydrogen) atoms. The van der Waals surface area contributed by atoms with Gasteiger partial charge in [-0.1, -0.05) is 12.1 Å². The van der Waals surface area contributed by atoms with Crippen molar-refractivity contribution in [2.45, 2.75) is 11.3 Å². The van der Waals surface area contributed by atoms with Gasteiger partial charge in [0.1, 0.15) is 6.33 Å². The van der Waals surface area contributed by atoms with Crippen molar-refractivity contribution < 1.29 is 8.95 Å². The Labute approximate surface area is 158 Å². The summed E-state index contributed by atoms with van der Waals surface area (Å²) < 4.78 is 19.2. The summed E-state index contributed by atoms with van der Waals surface area (Å²) in [5, 5.41) is 12.0. The van der Waals surface area contributed by atoms with Crippen LogP contribution < -0.4 is 0 Å². The maximum absolute atomic E-state index is 12.4. The first kappa shape index (κ1) is 17.5. The summed E-state index contributed by atoms with van der Waals surface area (Å²) in [4.78, 5) is 9.38. The first-order valence-electron chi connectivity index (χ1n) is 8.43. The molecule has 0 spiro atoms. The van der Waals surface area contributed by atoms with Crippen LogP contribution in [0.1, 0.15) is 6.42 Å². The highest BCUT2D eigenvalue weighted by Crippen LogP contribution is 2.22. The summed E-state index contributed by atoms with van der Waals surface area (Å²) >= 11 is 0. The number of aromatic nitrogens is 6. The summed E-state index contributed by atoms with van der Waals surface area (Å²) in [5.74, 6) is 1.24. The molecule has 1 aromatic carbocycles. The van der Waals surface area contributed by atoms with Crippen molar-refractivity contribution in [1.82, 2.24) is 29.9 Å². The Morgan fingerprint density at radius 1 is 1.22 bits per heavy atom. The van der Waals surface area contributed by atoms with Crippen molar-refractivity contribution in [2.75, 3.05) is 19.5 Å². The normalized spacial score (nSPS) is 12.5. The van der Waals surface area contributed by atoms with Crippen LogP contribution in [0.4, 0.5) is 0 Å². The average Bonchev–Trinajstić information content (AvgIpc) is 3.37. The van der Waals surface area contributed by atoms with Gasteiger partial charge in [-0.15, -0.1) is 0 Å². The quantitative estimate of drug-likeness (QED) is 0.493. The van der Waals surface area contributed by atoms with Gasteiger partial charge >= 0.3 is 0 Å². The van der Waals surface area contributed by atoms with Gasteiger partial charge in [0.25, 0.3) is 0 Å². The predicted octanol–water partition coefficient (Wildman–Crippen LogP) is 2.35. The molecule has 0 radical (unpaired) electrons. The van der Waals surface area contributed by atoms with Gasteiger partial charge in [-0.3, -0.25) is 9.31 Å². The molecule has 0 bridgehead atoms. The number of hydrogen-bond acceptors (Lipinski definition) is 6. The standard InChI is InChI=1S/C18H18N6O2S/c1-26-6-3-7-27(25)16-9-14-10-22-24(18(14)19-11-16)15-5-2-4-13(8-15)17-20-12-21-23-17/h2,4-5,8-12H,3,6-7H2,1H3,(H,20,21,23)/t27-/m1/s1. The van der Waals surface area contributed by atoms with Crippen molar-refractivity contribution in [1.29, 1.82) is 0 Å². The van der Waals surface area contributed by atoms with Crippen LogP contribution in [-0.4, -0.2) is 53.6 Å². The van der Waals surface area contributed by atoms with Crippen molar-refractivity contribution in [3.63, 3.8) is 0 Å². The molecule has 0 aliphatic rings. The van der Waals surface area contributed by atoms with Crippen molar-refractivity contribution in [2.24, 2.45) is 0 Å². The van der Waals surface area contributed by atoms with E-state index in [0.717, 1.165) is 23.1 Å². The second kappa shape index (κ2) is 7.77. The molecule has 0 amide bonds. The Kier molecular flexibility index (Phi) is 5.03. The number of aromatic amines is 1. The van der Waals surface area contributed by atoms with E-state index in [1.807, 2.05) is 30.3 Å². The number of nitrogens with zero attached hydrogens (tertiary/aromatic N) is 5. The van der Waals surface area contributed by atoms with Crippen molar-refractivity contribution in [3.8, 4) is 17.1 Å². The van der Waals surface area contributed by atoms with E-state index in [1.165, 1.54) is 6.33 Å². The minimum atomic E-state index is -1.10. The summed E-state index contributed by atoms with van der Waals surface area (Å²) in [6.45, 7) is 0.598. The van der Waals surface area contributed by atoms with Crippen LogP contribution in [0.2, 0.25) is 0 Å². The Balaban J connectivity index is 1.64. The topological polar surface area (TPSA) is 98.6 Å². The average molecular weight is 382 g/mol. The third-order valence-corrected chi connectivity index (χ3v) is 5.51. The van der Waals surface area contributed by atoms with Gasteiger partial charge in [0.15, 0.2) is 11.5 Å². The van der Waals surface area contributed by atoms with Gasteiger partial charge in [-0.25, -0.2) is 14.6 Å². The fourth-order valence-corrected chi connectivity index (χ4v) is 3.84. The van der Waals surface area contributed by atoms with E-state index >= 15 is 0 Å². The molecule has 0 aliphatic heterocycles. The number of nitrogens with one attached hydrogen (secondary N) is 1. The Hall–Kier alpha value is -2.91. The highest BCUT2D eigenvalue weighted by Gasteiger charge is 2.11. The van der Waals surface area contributed by atoms with E-state index in [0.29, 0.717) is 28.7 Å². The molecule has 4 aromatic rings. The maximum Gasteiger partial charge on any atom is 0.162 e. The lowest BCUT2D eigenvalue weighted by Crippen LogP contribution is -2.03. The molecule has 0 unspecified atom stereocenters. The summed E-state index contributed by atoms with van der Waals surface area (Å²) in [6, 6.07) is 9.68. The Morgan fingerprint density at radius 2 is 2.15 bits per heavy atom. The third kappa shape index (κ3) is 3.64. The SMILES string of the molecule is COCCC[S@@](=O)c1cnc2c(cnn2-c2cccc(-c3ncn[nH]3)c2)c1. The number of ether oxygens (including phenoxy) is 1. The number of rotatable bonds is 7. The fourth-order valence-electron chi connectivity index (χ4n) is 2.80. The second-order valence-corrected chi connectivity index (χ2v) is 7.49. The molecule has 0 saturated carbocycles. The van der Waals surface area contributed by atoms with E-state index in [-0.39, 0.29) is 0 Å². The Bertz CT molecular complexity index is 1080. The zero-order chi connectivity index (χ0) is 18.6. The van der Waals surface area contributed by atoms with Crippen LogP contribution in [0.15, 0.2) is 53.9 Å². The molecule has 9 heteroatoms. The van der Waals surface area contributed by atoms with Crippen LogP contribution in [0.5, 0.6) is 0 Å². The first-order valence-corrected chi connectivity index (χ1v) is 9.75. The zero-order valence-corrected chi connectivity index (χ0v) is 15.5. The van der Waals surface area contributed by atoms with E-state index in [2.05, 4.69) is 25.3 Å². The van der Waals surface area contributed by atoms with Gasteiger partial charge in [0, 0.05) is 36.6 Å². The maximum atomic E-state index is 12.4. The number of H-pyrrole nitrogens is 1. The number of benzene rings is 1. The van der Waals surface area contributed by atoms with Gasteiger partial charge in [0.2, 0.25) is 0 Å². The lowest BCUT2D eigenvalue weighted by atomic mass is 10.2. The van der Waals surface area contributed by atoms with Gasteiger partial charge in [-0.05, 0) is 24.6 Å². The van der Waals surface area contributed by atoms with Crippen LogP contribution in [0.3, 0.4) is 0 Å². The van der Waals surface area contributed by atoms with Crippen LogP contribution >= 0.6 is 0 Å². The smallest absolute Gasteiger partial charge is 0.162 e. The minimum Gasteiger partial charge on any atom is -0.385 e. The van der Waals surface area contributed by atoms with E-state index in [4.69, 9.17) is 4.74 Å². The molecule has 8 nitrogen and oxygen atoms in total. The molecular weight excluding hydrogens is 364 g/mol. The molecule has 3 heterocycles. The molecule has 0 saturated heterocycles. The first-order chi connectivity index (χ1) is 13.3. The second-order valence-electron chi connectivity index (χ2n) is 5.92. The monoisotopic (exact) mass is 382 g/mol. The molecule has 3 aromatic heterocycles. The molecule has 1 N–H and O–H groups in total. The molecule has 0 aliphatic carbocycles.